The van der Waals surface area contributed by atoms with Crippen LogP contribution in [-0.2, 0) is 13.0 Å². The van der Waals surface area contributed by atoms with Crippen LogP contribution in [0, 0.1) is 6.92 Å². The number of ether oxygens (including phenoxy) is 1. The van der Waals surface area contributed by atoms with E-state index in [-0.39, 0.29) is 0 Å². The molecule has 3 heteroatoms. The molecule has 0 spiro atoms. The van der Waals surface area contributed by atoms with E-state index in [2.05, 4.69) is 29.2 Å². The molecule has 2 aromatic rings. The van der Waals surface area contributed by atoms with Crippen LogP contribution in [-0.4, -0.2) is 11.6 Å². The van der Waals surface area contributed by atoms with Gasteiger partial charge in [-0.1, -0.05) is 24.3 Å². The maximum atomic E-state index is 5.90. The summed E-state index contributed by atoms with van der Waals surface area (Å²) in [7, 11) is 0. The smallest absolute Gasteiger partial charge is 0.142 e. The summed E-state index contributed by atoms with van der Waals surface area (Å²) in [6.07, 6.45) is 1.10. The van der Waals surface area contributed by atoms with Crippen LogP contribution in [0.2, 0.25) is 0 Å². The van der Waals surface area contributed by atoms with E-state index < -0.39 is 0 Å². The van der Waals surface area contributed by atoms with E-state index in [9.17, 15) is 0 Å². The maximum Gasteiger partial charge on any atom is 0.142 e. The molecular weight excluding hydrogens is 236 g/mol. The normalized spacial score (nSPS) is 16.6. The number of rotatable bonds is 4. The highest BCUT2D eigenvalue weighted by molar-refractivity contribution is 5.40. The second-order valence-electron chi connectivity index (χ2n) is 5.01. The van der Waals surface area contributed by atoms with Gasteiger partial charge in [-0.05, 0) is 36.6 Å². The van der Waals surface area contributed by atoms with Crippen LogP contribution in [0.1, 0.15) is 28.4 Å². The Bertz CT molecular complexity index is 595. The summed E-state index contributed by atoms with van der Waals surface area (Å²) in [6, 6.07) is 12.5. The highest BCUT2D eigenvalue weighted by atomic mass is 16.5. The van der Waals surface area contributed by atoms with Crippen molar-refractivity contribution >= 4 is 0 Å². The second-order valence-corrected chi connectivity index (χ2v) is 5.01. The van der Waals surface area contributed by atoms with Gasteiger partial charge in [0.25, 0.3) is 0 Å². The average Bonchev–Trinajstić information content (AvgIpc) is 2.41. The molecule has 1 atom stereocenters. The first-order chi connectivity index (χ1) is 9.28. The summed E-state index contributed by atoms with van der Waals surface area (Å²) in [6.45, 7) is 3.08. The van der Waals surface area contributed by atoms with Crippen molar-refractivity contribution in [3.63, 3.8) is 0 Å². The number of benzene rings is 1. The highest BCUT2D eigenvalue weighted by Gasteiger charge is 2.26. The molecule has 1 aliphatic rings. The van der Waals surface area contributed by atoms with Gasteiger partial charge in [0.05, 0.1) is 12.3 Å². The number of fused-ring (bicyclic) bond motifs is 1. The fraction of sp³-hybridized carbons (Fsp3) is 0.312. The van der Waals surface area contributed by atoms with Crippen molar-refractivity contribution in [1.82, 2.24) is 4.98 Å². The minimum Gasteiger partial charge on any atom is -0.491 e. The van der Waals surface area contributed by atoms with Gasteiger partial charge in [-0.2, -0.15) is 0 Å². The van der Waals surface area contributed by atoms with Crippen LogP contribution in [0.25, 0.3) is 0 Å². The number of aryl methyl sites for hydroxylation is 1. The molecule has 1 heterocycles. The standard InChI is InChI=1S/C16H18N2O/c1-11-6-7-16(15(9-17)18-11)19-10-13-8-12-4-2-3-5-14(12)13/h2-7,13H,8-10,17H2,1H3. The van der Waals surface area contributed by atoms with Gasteiger partial charge >= 0.3 is 0 Å². The Kier molecular flexibility index (Phi) is 3.22. The Morgan fingerprint density at radius 1 is 1.26 bits per heavy atom. The number of hydrogen-bond acceptors (Lipinski definition) is 3. The predicted molar refractivity (Wildman–Crippen MR) is 75.2 cm³/mol. The Balaban J connectivity index is 1.68. The first-order valence-electron chi connectivity index (χ1n) is 6.65. The summed E-state index contributed by atoms with van der Waals surface area (Å²) in [5, 5.41) is 0. The minimum atomic E-state index is 0.415. The fourth-order valence-corrected chi connectivity index (χ4v) is 2.58. The molecule has 1 aliphatic carbocycles. The molecule has 0 aliphatic heterocycles. The van der Waals surface area contributed by atoms with E-state index in [1.165, 1.54) is 11.1 Å². The maximum absolute atomic E-state index is 5.90. The third kappa shape index (κ3) is 2.34. The van der Waals surface area contributed by atoms with Gasteiger partial charge < -0.3 is 10.5 Å². The molecular formula is C16H18N2O. The summed E-state index contributed by atoms with van der Waals surface area (Å²) < 4.78 is 5.90. The lowest BCUT2D eigenvalue weighted by Crippen LogP contribution is -2.23. The van der Waals surface area contributed by atoms with E-state index in [1.54, 1.807) is 0 Å². The van der Waals surface area contributed by atoms with Crippen molar-refractivity contribution < 1.29 is 4.74 Å². The zero-order chi connectivity index (χ0) is 13.2. The molecule has 3 rings (SSSR count). The van der Waals surface area contributed by atoms with Gasteiger partial charge in [0, 0.05) is 18.2 Å². The molecule has 0 radical (unpaired) electrons. The first kappa shape index (κ1) is 12.2. The van der Waals surface area contributed by atoms with Gasteiger partial charge in [0.1, 0.15) is 5.75 Å². The number of nitrogens with two attached hydrogens (primary N) is 1. The number of pyridine rings is 1. The molecule has 3 nitrogen and oxygen atoms in total. The summed E-state index contributed by atoms with van der Waals surface area (Å²) in [5.74, 6) is 1.32. The van der Waals surface area contributed by atoms with Crippen LogP contribution in [0.3, 0.4) is 0 Å². The number of hydrogen-bond donors (Lipinski definition) is 1. The minimum absolute atomic E-state index is 0.415. The molecule has 98 valence electrons. The lowest BCUT2D eigenvalue weighted by Gasteiger charge is -2.30. The lowest BCUT2D eigenvalue weighted by molar-refractivity contribution is 0.271. The zero-order valence-electron chi connectivity index (χ0n) is 11.1. The summed E-state index contributed by atoms with van der Waals surface area (Å²) in [5.41, 5.74) is 10.4. The zero-order valence-corrected chi connectivity index (χ0v) is 11.1. The largest absolute Gasteiger partial charge is 0.491 e. The Morgan fingerprint density at radius 2 is 2.11 bits per heavy atom. The molecule has 0 saturated carbocycles. The Labute approximate surface area is 113 Å². The van der Waals surface area contributed by atoms with E-state index in [1.807, 2.05) is 19.1 Å². The van der Waals surface area contributed by atoms with Crippen molar-refractivity contribution in [2.45, 2.75) is 25.8 Å². The van der Waals surface area contributed by atoms with Crippen LogP contribution >= 0.6 is 0 Å². The van der Waals surface area contributed by atoms with Gasteiger partial charge in [0.2, 0.25) is 0 Å². The van der Waals surface area contributed by atoms with Crippen molar-refractivity contribution in [2.24, 2.45) is 5.73 Å². The van der Waals surface area contributed by atoms with E-state index >= 15 is 0 Å². The molecule has 0 fully saturated rings. The van der Waals surface area contributed by atoms with Crippen LogP contribution in [0.5, 0.6) is 5.75 Å². The van der Waals surface area contributed by atoms with Crippen molar-refractivity contribution in [2.75, 3.05) is 6.61 Å². The van der Waals surface area contributed by atoms with Gasteiger partial charge in [-0.3, -0.25) is 4.98 Å². The molecule has 0 amide bonds. The second kappa shape index (κ2) is 5.02. The molecule has 0 saturated heterocycles. The molecule has 1 aromatic heterocycles. The van der Waals surface area contributed by atoms with Gasteiger partial charge in [-0.25, -0.2) is 0 Å². The molecule has 19 heavy (non-hydrogen) atoms. The molecule has 2 N–H and O–H groups in total. The van der Waals surface area contributed by atoms with Crippen LogP contribution < -0.4 is 10.5 Å². The first-order valence-corrected chi connectivity index (χ1v) is 6.65. The van der Waals surface area contributed by atoms with Crippen LogP contribution in [0.15, 0.2) is 36.4 Å². The van der Waals surface area contributed by atoms with Crippen molar-refractivity contribution in [1.29, 1.82) is 0 Å². The molecule has 1 aromatic carbocycles. The molecule has 1 unspecified atom stereocenters. The number of nitrogens with zero attached hydrogens (tertiary/aromatic N) is 1. The van der Waals surface area contributed by atoms with Crippen molar-refractivity contribution in [3.8, 4) is 5.75 Å². The third-order valence-electron chi connectivity index (χ3n) is 3.67. The number of aromatic nitrogens is 1. The third-order valence-corrected chi connectivity index (χ3v) is 3.67. The quantitative estimate of drug-likeness (QED) is 0.912. The Hall–Kier alpha value is -1.87. The van der Waals surface area contributed by atoms with Crippen molar-refractivity contribution in [3.05, 3.63) is 58.9 Å². The topological polar surface area (TPSA) is 48.1 Å². The summed E-state index contributed by atoms with van der Waals surface area (Å²) >= 11 is 0. The lowest BCUT2D eigenvalue weighted by atomic mass is 9.78. The SMILES string of the molecule is Cc1ccc(OCC2Cc3ccccc32)c(CN)n1. The van der Waals surface area contributed by atoms with Gasteiger partial charge in [-0.15, -0.1) is 0 Å². The van der Waals surface area contributed by atoms with Gasteiger partial charge in [0.15, 0.2) is 0 Å². The fourth-order valence-electron chi connectivity index (χ4n) is 2.58. The van der Waals surface area contributed by atoms with Crippen LogP contribution in [0.4, 0.5) is 0 Å². The van der Waals surface area contributed by atoms with E-state index in [0.29, 0.717) is 19.1 Å². The average molecular weight is 254 g/mol. The predicted octanol–water partition coefficient (Wildman–Crippen LogP) is 2.57. The van der Waals surface area contributed by atoms with E-state index in [4.69, 9.17) is 10.5 Å². The summed E-state index contributed by atoms with van der Waals surface area (Å²) in [4.78, 5) is 4.41. The Morgan fingerprint density at radius 3 is 2.89 bits per heavy atom. The van der Waals surface area contributed by atoms with E-state index in [0.717, 1.165) is 23.6 Å². The monoisotopic (exact) mass is 254 g/mol. The highest BCUT2D eigenvalue weighted by Crippen LogP contribution is 2.35. The molecule has 0 bridgehead atoms.